The molecule has 0 aromatic carbocycles. The van der Waals surface area contributed by atoms with Gasteiger partial charge in [0.05, 0.1) is 18.9 Å². The maximum Gasteiger partial charge on any atom is 0.0628 e. The van der Waals surface area contributed by atoms with Crippen molar-refractivity contribution < 1.29 is 4.74 Å². The molecule has 1 saturated heterocycles. The molecule has 5 heteroatoms. The number of rotatable bonds is 8. The van der Waals surface area contributed by atoms with E-state index in [9.17, 15) is 0 Å². The van der Waals surface area contributed by atoms with Gasteiger partial charge >= 0.3 is 0 Å². The van der Waals surface area contributed by atoms with Gasteiger partial charge in [-0.15, -0.1) is 0 Å². The van der Waals surface area contributed by atoms with Crippen LogP contribution in [-0.4, -0.2) is 60.6 Å². The van der Waals surface area contributed by atoms with Crippen LogP contribution >= 0.6 is 0 Å². The molecule has 0 atom stereocenters. The van der Waals surface area contributed by atoms with Crippen molar-refractivity contribution >= 4 is 0 Å². The Morgan fingerprint density at radius 3 is 2.52 bits per heavy atom. The molecule has 0 bridgehead atoms. The molecule has 0 aliphatic carbocycles. The summed E-state index contributed by atoms with van der Waals surface area (Å²) in [7, 11) is 2.02. The Morgan fingerprint density at radius 2 is 1.86 bits per heavy atom. The SMILES string of the molecule is Cc1nn(C)c(C)c1CCCNCCCN1CCOCC1. The van der Waals surface area contributed by atoms with Crippen molar-refractivity contribution in [3.63, 3.8) is 0 Å². The molecule has 120 valence electrons. The van der Waals surface area contributed by atoms with Crippen LogP contribution in [0.4, 0.5) is 0 Å². The van der Waals surface area contributed by atoms with Crippen molar-refractivity contribution in [2.75, 3.05) is 45.9 Å². The summed E-state index contributed by atoms with van der Waals surface area (Å²) in [5, 5.41) is 8.03. The summed E-state index contributed by atoms with van der Waals surface area (Å²) in [6, 6.07) is 0. The standard InChI is InChI=1S/C16H30N4O/c1-14-16(15(2)19(3)18-14)6-4-7-17-8-5-9-20-10-12-21-13-11-20/h17H,4-13H2,1-3H3. The Kier molecular flexibility index (Phi) is 6.67. The fourth-order valence-corrected chi connectivity index (χ4v) is 2.95. The van der Waals surface area contributed by atoms with Gasteiger partial charge in [-0.1, -0.05) is 0 Å². The highest BCUT2D eigenvalue weighted by Crippen LogP contribution is 2.13. The average molecular weight is 294 g/mol. The largest absolute Gasteiger partial charge is 0.379 e. The van der Waals surface area contributed by atoms with Crippen LogP contribution in [0, 0.1) is 13.8 Å². The van der Waals surface area contributed by atoms with Gasteiger partial charge in [0.2, 0.25) is 0 Å². The van der Waals surface area contributed by atoms with E-state index in [-0.39, 0.29) is 0 Å². The second-order valence-electron chi connectivity index (χ2n) is 5.93. The zero-order valence-corrected chi connectivity index (χ0v) is 13.8. The topological polar surface area (TPSA) is 42.3 Å². The van der Waals surface area contributed by atoms with Gasteiger partial charge in [0, 0.05) is 25.8 Å². The Hall–Kier alpha value is -0.910. The number of nitrogens with zero attached hydrogens (tertiary/aromatic N) is 3. The lowest BCUT2D eigenvalue weighted by molar-refractivity contribution is 0.0374. The highest BCUT2D eigenvalue weighted by atomic mass is 16.5. The van der Waals surface area contributed by atoms with Crippen LogP contribution < -0.4 is 5.32 Å². The quantitative estimate of drug-likeness (QED) is 0.734. The minimum absolute atomic E-state index is 0.900. The van der Waals surface area contributed by atoms with Gasteiger partial charge in [-0.2, -0.15) is 5.10 Å². The summed E-state index contributed by atoms with van der Waals surface area (Å²) >= 11 is 0. The zero-order valence-electron chi connectivity index (χ0n) is 13.8. The first-order valence-corrected chi connectivity index (χ1v) is 8.18. The summed E-state index contributed by atoms with van der Waals surface area (Å²) in [5.41, 5.74) is 3.91. The van der Waals surface area contributed by atoms with Gasteiger partial charge in [-0.05, 0) is 58.3 Å². The fraction of sp³-hybridized carbons (Fsp3) is 0.812. The van der Waals surface area contributed by atoms with Gasteiger partial charge in [-0.3, -0.25) is 9.58 Å². The minimum Gasteiger partial charge on any atom is -0.379 e. The van der Waals surface area contributed by atoms with Crippen LogP contribution in [0.5, 0.6) is 0 Å². The van der Waals surface area contributed by atoms with Crippen molar-refractivity contribution in [3.05, 3.63) is 17.0 Å². The third-order valence-corrected chi connectivity index (χ3v) is 4.37. The van der Waals surface area contributed by atoms with Gasteiger partial charge in [0.1, 0.15) is 0 Å². The summed E-state index contributed by atoms with van der Waals surface area (Å²) in [4.78, 5) is 2.49. The molecule has 0 saturated carbocycles. The van der Waals surface area contributed by atoms with Crippen LogP contribution in [-0.2, 0) is 18.2 Å². The van der Waals surface area contributed by atoms with Crippen LogP contribution in [0.2, 0.25) is 0 Å². The summed E-state index contributed by atoms with van der Waals surface area (Å²) < 4.78 is 7.34. The maximum atomic E-state index is 5.36. The van der Waals surface area contributed by atoms with E-state index in [4.69, 9.17) is 4.74 Å². The monoisotopic (exact) mass is 294 g/mol. The van der Waals surface area contributed by atoms with E-state index < -0.39 is 0 Å². The number of ether oxygens (including phenoxy) is 1. The molecular weight excluding hydrogens is 264 g/mol. The third kappa shape index (κ3) is 5.09. The van der Waals surface area contributed by atoms with Gasteiger partial charge < -0.3 is 10.1 Å². The van der Waals surface area contributed by atoms with Crippen molar-refractivity contribution in [1.29, 1.82) is 0 Å². The predicted molar refractivity (Wildman–Crippen MR) is 85.7 cm³/mol. The van der Waals surface area contributed by atoms with Crippen LogP contribution in [0.15, 0.2) is 0 Å². The lowest BCUT2D eigenvalue weighted by Gasteiger charge is -2.26. The summed E-state index contributed by atoms with van der Waals surface area (Å²) in [6.07, 6.45) is 3.54. The van der Waals surface area contributed by atoms with Crippen molar-refractivity contribution in [3.8, 4) is 0 Å². The number of nitrogens with one attached hydrogen (secondary N) is 1. The number of aromatic nitrogens is 2. The van der Waals surface area contributed by atoms with E-state index in [0.29, 0.717) is 0 Å². The molecule has 2 rings (SSSR count). The third-order valence-electron chi connectivity index (χ3n) is 4.37. The van der Waals surface area contributed by atoms with Crippen LogP contribution in [0.1, 0.15) is 29.8 Å². The molecular formula is C16H30N4O. The first kappa shape index (κ1) is 16.5. The molecule has 5 nitrogen and oxygen atoms in total. The smallest absolute Gasteiger partial charge is 0.0628 e. The molecule has 1 aromatic heterocycles. The van der Waals surface area contributed by atoms with Gasteiger partial charge in [0.25, 0.3) is 0 Å². The molecule has 1 aromatic rings. The Morgan fingerprint density at radius 1 is 1.14 bits per heavy atom. The molecule has 0 amide bonds. The number of hydrogen-bond donors (Lipinski definition) is 1. The van der Waals surface area contributed by atoms with E-state index in [0.717, 1.165) is 45.8 Å². The van der Waals surface area contributed by atoms with Crippen molar-refractivity contribution in [1.82, 2.24) is 20.0 Å². The van der Waals surface area contributed by atoms with Gasteiger partial charge in [-0.25, -0.2) is 0 Å². The molecule has 0 spiro atoms. The van der Waals surface area contributed by atoms with Gasteiger partial charge in [0.15, 0.2) is 0 Å². The normalized spacial score (nSPS) is 16.5. The van der Waals surface area contributed by atoms with E-state index >= 15 is 0 Å². The Balaban J connectivity index is 1.52. The predicted octanol–water partition coefficient (Wildman–Crippen LogP) is 1.28. The zero-order chi connectivity index (χ0) is 15.1. The molecule has 1 aliphatic rings. The molecule has 1 aliphatic heterocycles. The van der Waals surface area contributed by atoms with Crippen molar-refractivity contribution in [2.24, 2.45) is 7.05 Å². The Bertz CT molecular complexity index is 424. The summed E-state index contributed by atoms with van der Waals surface area (Å²) in [5.74, 6) is 0. The highest BCUT2D eigenvalue weighted by Gasteiger charge is 2.09. The van der Waals surface area contributed by atoms with E-state index in [1.54, 1.807) is 0 Å². The van der Waals surface area contributed by atoms with E-state index in [2.05, 4.69) is 29.2 Å². The highest BCUT2D eigenvalue weighted by molar-refractivity contribution is 5.24. The lowest BCUT2D eigenvalue weighted by atomic mass is 10.1. The van der Waals surface area contributed by atoms with E-state index in [1.165, 1.54) is 36.3 Å². The molecule has 1 N–H and O–H groups in total. The number of morpholine rings is 1. The molecule has 1 fully saturated rings. The minimum atomic E-state index is 0.900. The molecule has 21 heavy (non-hydrogen) atoms. The van der Waals surface area contributed by atoms with Crippen LogP contribution in [0.25, 0.3) is 0 Å². The molecule has 0 radical (unpaired) electrons. The maximum absolute atomic E-state index is 5.36. The van der Waals surface area contributed by atoms with Crippen molar-refractivity contribution in [2.45, 2.75) is 33.1 Å². The van der Waals surface area contributed by atoms with E-state index in [1.807, 2.05) is 11.7 Å². The van der Waals surface area contributed by atoms with Crippen LogP contribution in [0.3, 0.4) is 0 Å². The second-order valence-corrected chi connectivity index (χ2v) is 5.93. The number of hydrogen-bond acceptors (Lipinski definition) is 4. The summed E-state index contributed by atoms with van der Waals surface area (Å²) in [6.45, 7) is 11.7. The number of aryl methyl sites for hydroxylation is 2. The first-order valence-electron chi connectivity index (χ1n) is 8.18. The fourth-order valence-electron chi connectivity index (χ4n) is 2.95. The lowest BCUT2D eigenvalue weighted by Crippen LogP contribution is -2.37. The molecule has 0 unspecified atom stereocenters. The first-order chi connectivity index (χ1) is 10.2. The Labute approximate surface area is 128 Å². The molecule has 2 heterocycles. The average Bonchev–Trinajstić information content (AvgIpc) is 2.73. The second kappa shape index (κ2) is 8.51.